The maximum atomic E-state index is 12.9. The summed E-state index contributed by atoms with van der Waals surface area (Å²) in [6.07, 6.45) is 1.89. The van der Waals surface area contributed by atoms with Crippen LogP contribution < -0.4 is 20.1 Å². The quantitative estimate of drug-likeness (QED) is 0.693. The molecule has 1 atom stereocenters. The van der Waals surface area contributed by atoms with E-state index in [9.17, 15) is 14.0 Å². The lowest BCUT2D eigenvalue weighted by Crippen LogP contribution is -2.40. The van der Waals surface area contributed by atoms with Crippen molar-refractivity contribution in [2.75, 3.05) is 39.2 Å². The molecule has 2 aromatic rings. The number of hydrogen-bond acceptors (Lipinski definition) is 5. The lowest BCUT2D eigenvalue weighted by atomic mass is 10.0. The van der Waals surface area contributed by atoms with Crippen LogP contribution in [0.15, 0.2) is 42.5 Å². The highest BCUT2D eigenvalue weighted by Crippen LogP contribution is 2.38. The van der Waals surface area contributed by atoms with Crippen LogP contribution in [0.4, 0.5) is 10.1 Å². The van der Waals surface area contributed by atoms with E-state index in [2.05, 4.69) is 15.5 Å². The Hall–Kier alpha value is -3.13. The van der Waals surface area contributed by atoms with Gasteiger partial charge < -0.3 is 20.1 Å². The number of likely N-dealkylation sites (tertiary alicyclic amines) is 1. The van der Waals surface area contributed by atoms with Gasteiger partial charge in [0.1, 0.15) is 17.3 Å². The van der Waals surface area contributed by atoms with E-state index < -0.39 is 0 Å². The van der Waals surface area contributed by atoms with Gasteiger partial charge in [-0.15, -0.1) is 0 Å². The molecule has 1 heterocycles. The van der Waals surface area contributed by atoms with E-state index in [1.807, 2.05) is 18.2 Å². The molecule has 0 saturated carbocycles. The van der Waals surface area contributed by atoms with Gasteiger partial charge in [-0.2, -0.15) is 0 Å². The van der Waals surface area contributed by atoms with Gasteiger partial charge in [-0.1, -0.05) is 6.07 Å². The largest absolute Gasteiger partial charge is 0.497 e. The van der Waals surface area contributed by atoms with E-state index in [-0.39, 0.29) is 36.8 Å². The van der Waals surface area contributed by atoms with Crippen LogP contribution in [0.3, 0.4) is 0 Å². The Kier molecular flexibility index (Phi) is 7.24. The fraction of sp³-hybridized carbons (Fsp3) is 0.364. The number of benzene rings is 2. The molecule has 160 valence electrons. The summed E-state index contributed by atoms with van der Waals surface area (Å²) < 4.78 is 23.7. The summed E-state index contributed by atoms with van der Waals surface area (Å²) in [5, 5.41) is 5.26. The normalized spacial score (nSPS) is 16.2. The molecule has 8 heteroatoms. The Labute approximate surface area is 175 Å². The molecule has 1 aliphatic heterocycles. The van der Waals surface area contributed by atoms with Crippen molar-refractivity contribution in [1.29, 1.82) is 0 Å². The smallest absolute Gasteiger partial charge is 0.243 e. The summed E-state index contributed by atoms with van der Waals surface area (Å²) in [4.78, 5) is 26.5. The van der Waals surface area contributed by atoms with Crippen LogP contribution in [0.2, 0.25) is 0 Å². The molecule has 2 amide bonds. The second kappa shape index (κ2) is 10.1. The number of carbonyl (C=O) groups excluding carboxylic acids is 2. The summed E-state index contributed by atoms with van der Waals surface area (Å²) in [6.45, 7) is 0.819. The van der Waals surface area contributed by atoms with Gasteiger partial charge in [0.05, 0.1) is 27.3 Å². The molecule has 1 saturated heterocycles. The summed E-state index contributed by atoms with van der Waals surface area (Å²) in [6, 6.07) is 11.2. The van der Waals surface area contributed by atoms with E-state index in [0.29, 0.717) is 11.4 Å². The van der Waals surface area contributed by atoms with Crippen molar-refractivity contribution in [3.8, 4) is 11.5 Å². The van der Waals surface area contributed by atoms with E-state index in [1.165, 1.54) is 24.3 Å². The Bertz CT molecular complexity index is 888. The molecule has 0 radical (unpaired) electrons. The first-order valence-electron chi connectivity index (χ1n) is 9.78. The number of methoxy groups -OCH3 is 2. The predicted octanol–water partition coefficient (Wildman–Crippen LogP) is 2.73. The third-order valence-electron chi connectivity index (χ3n) is 5.08. The number of ether oxygens (including phenoxy) is 2. The molecule has 3 rings (SSSR count). The number of nitrogens with one attached hydrogen (secondary N) is 2. The number of carbonyl (C=O) groups is 2. The molecule has 7 nitrogen and oxygen atoms in total. The van der Waals surface area contributed by atoms with Crippen LogP contribution in [0.5, 0.6) is 11.5 Å². The molecular weight excluding hydrogens is 389 g/mol. The average molecular weight is 415 g/mol. The molecule has 0 unspecified atom stereocenters. The molecule has 0 spiro atoms. The number of nitrogens with zero attached hydrogens (tertiary/aromatic N) is 1. The van der Waals surface area contributed by atoms with Gasteiger partial charge in [-0.05, 0) is 49.7 Å². The molecule has 1 aliphatic rings. The Balaban J connectivity index is 1.54. The number of rotatable bonds is 8. The second-order valence-electron chi connectivity index (χ2n) is 7.07. The molecule has 2 aromatic carbocycles. The van der Waals surface area contributed by atoms with Gasteiger partial charge in [0, 0.05) is 23.4 Å². The molecule has 0 bridgehead atoms. The van der Waals surface area contributed by atoms with Crippen molar-refractivity contribution in [3.05, 3.63) is 53.8 Å². The van der Waals surface area contributed by atoms with Crippen LogP contribution in [0.1, 0.15) is 24.4 Å². The zero-order chi connectivity index (χ0) is 21.5. The van der Waals surface area contributed by atoms with Crippen molar-refractivity contribution in [2.45, 2.75) is 18.9 Å². The number of hydrogen-bond donors (Lipinski definition) is 2. The van der Waals surface area contributed by atoms with Crippen LogP contribution >= 0.6 is 0 Å². The van der Waals surface area contributed by atoms with E-state index in [0.717, 1.165) is 30.7 Å². The standard InChI is InChI=1S/C22H26FN3O4/c1-29-17-9-10-18(20(12-17)30-2)19-4-3-11-26(19)14-22(28)24-13-21(27)25-16-7-5-15(23)6-8-16/h5-10,12,19H,3-4,11,13-14H2,1-2H3,(H,24,28)(H,25,27)/t19-/m1/s1. The highest BCUT2D eigenvalue weighted by atomic mass is 19.1. The fourth-order valence-electron chi connectivity index (χ4n) is 3.62. The van der Waals surface area contributed by atoms with Crippen molar-refractivity contribution in [2.24, 2.45) is 0 Å². The lowest BCUT2D eigenvalue weighted by Gasteiger charge is -2.25. The molecule has 0 aromatic heterocycles. The molecule has 30 heavy (non-hydrogen) atoms. The maximum Gasteiger partial charge on any atom is 0.243 e. The highest BCUT2D eigenvalue weighted by Gasteiger charge is 2.29. The van der Waals surface area contributed by atoms with Crippen LogP contribution in [-0.4, -0.2) is 50.6 Å². The number of anilines is 1. The predicted molar refractivity (Wildman–Crippen MR) is 111 cm³/mol. The summed E-state index contributed by atoms with van der Waals surface area (Å²) in [7, 11) is 3.22. The third-order valence-corrected chi connectivity index (χ3v) is 5.08. The SMILES string of the molecule is COc1ccc([C@H]2CCCN2CC(=O)NCC(=O)Nc2ccc(F)cc2)c(OC)c1. The van der Waals surface area contributed by atoms with E-state index in [4.69, 9.17) is 9.47 Å². The summed E-state index contributed by atoms with van der Waals surface area (Å²) in [5.41, 5.74) is 1.49. The summed E-state index contributed by atoms with van der Waals surface area (Å²) in [5.74, 6) is 0.457. The Morgan fingerprint density at radius 1 is 1.10 bits per heavy atom. The first-order valence-corrected chi connectivity index (χ1v) is 9.78. The average Bonchev–Trinajstić information content (AvgIpc) is 3.21. The molecule has 1 fully saturated rings. The highest BCUT2D eigenvalue weighted by molar-refractivity contribution is 5.94. The Morgan fingerprint density at radius 2 is 1.87 bits per heavy atom. The zero-order valence-electron chi connectivity index (χ0n) is 17.1. The van der Waals surface area contributed by atoms with Crippen LogP contribution in [-0.2, 0) is 9.59 Å². The van der Waals surface area contributed by atoms with Gasteiger partial charge in [-0.25, -0.2) is 4.39 Å². The topological polar surface area (TPSA) is 79.9 Å². The molecule has 2 N–H and O–H groups in total. The van der Waals surface area contributed by atoms with Gasteiger partial charge in [0.2, 0.25) is 11.8 Å². The molecule has 0 aliphatic carbocycles. The minimum absolute atomic E-state index is 0.0599. The number of amides is 2. The first-order chi connectivity index (χ1) is 14.5. The maximum absolute atomic E-state index is 12.9. The van der Waals surface area contributed by atoms with E-state index in [1.54, 1.807) is 14.2 Å². The number of halogens is 1. The molecular formula is C22H26FN3O4. The van der Waals surface area contributed by atoms with Gasteiger partial charge in [0.25, 0.3) is 0 Å². The fourth-order valence-corrected chi connectivity index (χ4v) is 3.62. The van der Waals surface area contributed by atoms with Gasteiger partial charge in [0.15, 0.2) is 0 Å². The van der Waals surface area contributed by atoms with E-state index >= 15 is 0 Å². The third kappa shape index (κ3) is 5.48. The van der Waals surface area contributed by atoms with Crippen molar-refractivity contribution in [3.63, 3.8) is 0 Å². The van der Waals surface area contributed by atoms with Crippen LogP contribution in [0, 0.1) is 5.82 Å². The Morgan fingerprint density at radius 3 is 2.57 bits per heavy atom. The van der Waals surface area contributed by atoms with Crippen molar-refractivity contribution >= 4 is 17.5 Å². The summed E-state index contributed by atoms with van der Waals surface area (Å²) >= 11 is 0. The van der Waals surface area contributed by atoms with Gasteiger partial charge in [-0.3, -0.25) is 14.5 Å². The zero-order valence-corrected chi connectivity index (χ0v) is 17.1. The van der Waals surface area contributed by atoms with Crippen molar-refractivity contribution < 1.29 is 23.5 Å². The van der Waals surface area contributed by atoms with Crippen molar-refractivity contribution in [1.82, 2.24) is 10.2 Å². The second-order valence-corrected chi connectivity index (χ2v) is 7.07. The first kappa shape index (κ1) is 21.6. The van der Waals surface area contributed by atoms with Crippen LogP contribution in [0.25, 0.3) is 0 Å². The van der Waals surface area contributed by atoms with Gasteiger partial charge >= 0.3 is 0 Å². The lowest BCUT2D eigenvalue weighted by molar-refractivity contribution is -0.125. The minimum atomic E-state index is -0.380. The monoisotopic (exact) mass is 415 g/mol. The minimum Gasteiger partial charge on any atom is -0.497 e.